The molecule has 0 bridgehead atoms. The summed E-state index contributed by atoms with van der Waals surface area (Å²) in [7, 11) is 0. The van der Waals surface area contributed by atoms with E-state index in [1.54, 1.807) is 6.07 Å². The van der Waals surface area contributed by atoms with Crippen molar-refractivity contribution in [1.82, 2.24) is 0 Å². The first-order valence-electron chi connectivity index (χ1n) is 5.57. The number of carbonyl (C=O) groups is 1. The quantitative estimate of drug-likeness (QED) is 0.697. The first kappa shape index (κ1) is 9.07. The molecule has 1 heterocycles. The Morgan fingerprint density at radius 2 is 1.82 bits per heavy atom. The molecular weight excluding hydrogens is 214 g/mol. The molecule has 4 rings (SSSR count). The molecule has 1 N–H and O–H groups in total. The average molecular weight is 223 g/mol. The number of rotatable bonds is 0. The molecule has 2 aromatic carbocycles. The first-order valence-corrected chi connectivity index (χ1v) is 5.57. The number of ketones is 1. The predicted octanol–water partition coefficient (Wildman–Crippen LogP) is 2.50. The monoisotopic (exact) mass is 223 g/mol. The van der Waals surface area contributed by atoms with E-state index in [1.807, 2.05) is 30.3 Å². The maximum atomic E-state index is 12.2. The van der Waals surface area contributed by atoms with Gasteiger partial charge in [0.25, 0.3) is 0 Å². The Hall–Kier alpha value is -2.00. The molecule has 0 amide bonds. The molecule has 0 radical (unpaired) electrons. The van der Waals surface area contributed by atoms with Crippen LogP contribution in [0.15, 0.2) is 36.4 Å². The van der Waals surface area contributed by atoms with Gasteiger partial charge in [-0.05, 0) is 16.3 Å². The third-order valence-corrected chi connectivity index (χ3v) is 3.51. The van der Waals surface area contributed by atoms with E-state index >= 15 is 0 Å². The van der Waals surface area contributed by atoms with Crippen LogP contribution in [0, 0.1) is 5.41 Å². The number of Topliss-reactive ketones (excluding diaryl/α,β-unsaturated/α-hetero) is 1. The lowest BCUT2D eigenvalue weighted by Gasteiger charge is -2.07. The van der Waals surface area contributed by atoms with Crippen LogP contribution in [0.4, 0.5) is 0 Å². The summed E-state index contributed by atoms with van der Waals surface area (Å²) in [5.41, 5.74) is 1.76. The Labute approximate surface area is 97.5 Å². The molecule has 2 aliphatic rings. The van der Waals surface area contributed by atoms with Gasteiger partial charge in [-0.3, -0.25) is 10.2 Å². The number of nitrogens with one attached hydrogen (secondary N) is 1. The van der Waals surface area contributed by atoms with Crippen LogP contribution < -0.4 is 0 Å². The lowest BCUT2D eigenvalue weighted by atomic mass is 9.97. The van der Waals surface area contributed by atoms with Crippen LogP contribution in [0.3, 0.4) is 0 Å². The van der Waals surface area contributed by atoms with Crippen LogP contribution in [0.5, 0.6) is 0 Å². The highest BCUT2D eigenvalue weighted by molar-refractivity contribution is 6.49. The van der Waals surface area contributed by atoms with E-state index < -0.39 is 0 Å². The van der Waals surface area contributed by atoms with Gasteiger partial charge in [0.2, 0.25) is 5.78 Å². The molecule has 0 saturated carbocycles. The van der Waals surface area contributed by atoms with Crippen molar-refractivity contribution in [1.29, 1.82) is 5.41 Å². The topological polar surface area (TPSA) is 53.5 Å². The number of fused-ring (bicyclic) bond motifs is 2. The molecular formula is C14H9NO2. The summed E-state index contributed by atoms with van der Waals surface area (Å²) < 4.78 is 5.44. The number of carbonyl (C=O) groups excluding carboxylic acids is 1. The van der Waals surface area contributed by atoms with Gasteiger partial charge in [-0.2, -0.15) is 0 Å². The van der Waals surface area contributed by atoms with E-state index in [2.05, 4.69) is 0 Å². The van der Waals surface area contributed by atoms with Gasteiger partial charge in [0.1, 0.15) is 17.9 Å². The zero-order valence-electron chi connectivity index (χ0n) is 8.94. The molecule has 1 aliphatic carbocycles. The van der Waals surface area contributed by atoms with Crippen LogP contribution in [-0.2, 0) is 4.74 Å². The molecule has 1 fully saturated rings. The predicted molar refractivity (Wildman–Crippen MR) is 63.6 cm³/mol. The second-order valence-corrected chi connectivity index (χ2v) is 4.47. The van der Waals surface area contributed by atoms with E-state index in [9.17, 15) is 4.79 Å². The van der Waals surface area contributed by atoms with Crippen LogP contribution >= 0.6 is 0 Å². The minimum atomic E-state index is -0.333. The SMILES string of the molecule is N=C1C(=O)c2cccc3cccc(c23)C2OC12. The maximum absolute atomic E-state index is 12.2. The Balaban J connectivity index is 2.19. The van der Waals surface area contributed by atoms with Crippen molar-refractivity contribution in [2.75, 3.05) is 0 Å². The summed E-state index contributed by atoms with van der Waals surface area (Å²) in [4.78, 5) is 12.2. The van der Waals surface area contributed by atoms with Gasteiger partial charge in [0.05, 0.1) is 0 Å². The smallest absolute Gasteiger partial charge is 0.209 e. The molecule has 2 atom stereocenters. The standard InChI is InChI=1S/C14H9NO2/c15-11-12(16)8-5-1-3-7-4-2-6-9(10(7)8)13-14(11)17-13/h1-6,13-15H. The number of benzene rings is 2. The van der Waals surface area contributed by atoms with E-state index in [4.69, 9.17) is 10.1 Å². The summed E-state index contributed by atoms with van der Waals surface area (Å²) in [5, 5.41) is 9.84. The van der Waals surface area contributed by atoms with Crippen molar-refractivity contribution < 1.29 is 9.53 Å². The molecule has 2 unspecified atom stereocenters. The molecule has 3 nitrogen and oxygen atoms in total. The van der Waals surface area contributed by atoms with Crippen molar-refractivity contribution in [3.8, 4) is 0 Å². The van der Waals surface area contributed by atoms with Crippen molar-refractivity contribution >= 4 is 22.3 Å². The first-order chi connectivity index (χ1) is 8.27. The molecule has 0 aromatic heterocycles. The highest BCUT2D eigenvalue weighted by atomic mass is 16.6. The van der Waals surface area contributed by atoms with Crippen molar-refractivity contribution in [2.24, 2.45) is 0 Å². The van der Waals surface area contributed by atoms with E-state index in [0.29, 0.717) is 5.56 Å². The second-order valence-electron chi connectivity index (χ2n) is 4.47. The van der Waals surface area contributed by atoms with Gasteiger partial charge in [-0.1, -0.05) is 36.4 Å². The average Bonchev–Trinajstić information content (AvgIpc) is 3.15. The molecule has 1 aliphatic heterocycles. The van der Waals surface area contributed by atoms with Gasteiger partial charge < -0.3 is 4.74 Å². The fourth-order valence-corrected chi connectivity index (χ4v) is 2.64. The molecule has 2 aromatic rings. The lowest BCUT2D eigenvalue weighted by molar-refractivity contribution is 0.106. The van der Waals surface area contributed by atoms with Crippen LogP contribution in [-0.4, -0.2) is 17.6 Å². The Morgan fingerprint density at radius 1 is 1.06 bits per heavy atom. The largest absolute Gasteiger partial charge is 0.358 e. The second kappa shape index (κ2) is 2.81. The van der Waals surface area contributed by atoms with Crippen molar-refractivity contribution in [2.45, 2.75) is 12.2 Å². The summed E-state index contributed by atoms with van der Waals surface area (Å²) in [6.07, 6.45) is -0.431. The number of epoxide rings is 1. The molecule has 82 valence electrons. The van der Waals surface area contributed by atoms with E-state index in [-0.39, 0.29) is 23.7 Å². The zero-order chi connectivity index (χ0) is 11.6. The summed E-state index contributed by atoms with van der Waals surface area (Å²) in [6, 6.07) is 11.6. The lowest BCUT2D eigenvalue weighted by Crippen LogP contribution is -2.18. The minimum absolute atomic E-state index is 0.0821. The third kappa shape index (κ3) is 1.04. The fraction of sp³-hybridized carbons (Fsp3) is 0.143. The van der Waals surface area contributed by atoms with Gasteiger partial charge in [-0.25, -0.2) is 0 Å². The van der Waals surface area contributed by atoms with Crippen molar-refractivity contribution in [3.63, 3.8) is 0 Å². The molecule has 3 heteroatoms. The third-order valence-electron chi connectivity index (χ3n) is 3.51. The van der Waals surface area contributed by atoms with Crippen molar-refractivity contribution in [3.05, 3.63) is 47.5 Å². The van der Waals surface area contributed by atoms with Crippen LogP contribution in [0.2, 0.25) is 0 Å². The van der Waals surface area contributed by atoms with Gasteiger partial charge in [0, 0.05) is 5.56 Å². The number of hydrogen-bond acceptors (Lipinski definition) is 3. The van der Waals surface area contributed by atoms with Gasteiger partial charge >= 0.3 is 0 Å². The normalized spacial score (nSPS) is 25.6. The maximum Gasteiger partial charge on any atom is 0.209 e. The van der Waals surface area contributed by atoms with Gasteiger partial charge in [0.15, 0.2) is 0 Å². The Bertz CT molecular complexity index is 684. The molecule has 1 saturated heterocycles. The Morgan fingerprint density at radius 3 is 2.65 bits per heavy atom. The Kier molecular flexibility index (Phi) is 1.50. The summed E-state index contributed by atoms with van der Waals surface area (Å²) in [5.74, 6) is -0.201. The van der Waals surface area contributed by atoms with E-state index in [1.165, 1.54) is 0 Å². The fourth-order valence-electron chi connectivity index (χ4n) is 2.64. The highest BCUT2D eigenvalue weighted by Gasteiger charge is 2.49. The number of ether oxygens (including phenoxy) is 1. The van der Waals surface area contributed by atoms with Crippen LogP contribution in [0.25, 0.3) is 10.8 Å². The van der Waals surface area contributed by atoms with Crippen LogP contribution in [0.1, 0.15) is 22.0 Å². The summed E-state index contributed by atoms with van der Waals surface area (Å²) in [6.45, 7) is 0. The summed E-state index contributed by atoms with van der Waals surface area (Å²) >= 11 is 0. The number of hydrogen-bond donors (Lipinski definition) is 1. The molecule has 0 spiro atoms. The highest BCUT2D eigenvalue weighted by Crippen LogP contribution is 2.46. The van der Waals surface area contributed by atoms with Gasteiger partial charge in [-0.15, -0.1) is 0 Å². The minimum Gasteiger partial charge on any atom is -0.358 e. The molecule has 17 heavy (non-hydrogen) atoms. The van der Waals surface area contributed by atoms with E-state index in [0.717, 1.165) is 16.3 Å². The zero-order valence-corrected chi connectivity index (χ0v) is 8.94.